The van der Waals surface area contributed by atoms with Crippen molar-refractivity contribution >= 4 is 18.0 Å². The lowest BCUT2D eigenvalue weighted by Crippen LogP contribution is -2.40. The number of aliphatic carboxylic acids is 1. The van der Waals surface area contributed by atoms with Crippen LogP contribution in [0.4, 0.5) is 4.79 Å². The molecule has 0 aromatic heterocycles. The molecule has 0 bridgehead atoms. The zero-order valence-corrected chi connectivity index (χ0v) is 17.6. The Morgan fingerprint density at radius 1 is 1.03 bits per heavy atom. The van der Waals surface area contributed by atoms with Gasteiger partial charge in [0.2, 0.25) is 5.91 Å². The molecule has 1 aliphatic carbocycles. The average molecular weight is 424 g/mol. The first-order chi connectivity index (χ1) is 15.0. The van der Waals surface area contributed by atoms with Gasteiger partial charge in [0, 0.05) is 24.9 Å². The first-order valence-electron chi connectivity index (χ1n) is 10.6. The molecule has 7 heteroatoms. The van der Waals surface area contributed by atoms with Crippen molar-refractivity contribution in [2.45, 2.75) is 44.6 Å². The molecule has 3 N–H and O–H groups in total. The van der Waals surface area contributed by atoms with Crippen molar-refractivity contribution in [2.75, 3.05) is 13.2 Å². The van der Waals surface area contributed by atoms with E-state index in [-0.39, 0.29) is 43.9 Å². The molecule has 2 aromatic rings. The topological polar surface area (TPSA) is 105 Å². The van der Waals surface area contributed by atoms with Gasteiger partial charge in [0.05, 0.1) is 6.42 Å². The quantitative estimate of drug-likeness (QED) is 0.540. The first kappa shape index (κ1) is 22.3. The largest absolute Gasteiger partial charge is 0.481 e. The highest BCUT2D eigenvalue weighted by molar-refractivity contribution is 5.80. The number of carboxylic acid groups (broad SMARTS) is 1. The third-order valence-corrected chi connectivity index (χ3v) is 5.40. The van der Waals surface area contributed by atoms with Crippen LogP contribution in [0.1, 0.15) is 49.7 Å². The monoisotopic (exact) mass is 424 g/mol. The molecule has 3 rings (SSSR count). The summed E-state index contributed by atoms with van der Waals surface area (Å²) in [5.41, 5.74) is 4.60. The van der Waals surface area contributed by atoms with Crippen LogP contribution in [-0.4, -0.2) is 42.3 Å². The zero-order valence-electron chi connectivity index (χ0n) is 17.6. The normalized spacial score (nSPS) is 13.1. The van der Waals surface area contributed by atoms with Gasteiger partial charge in [-0.05, 0) is 28.7 Å². The van der Waals surface area contributed by atoms with Crippen molar-refractivity contribution < 1.29 is 24.2 Å². The van der Waals surface area contributed by atoms with Crippen molar-refractivity contribution in [2.24, 2.45) is 0 Å². The van der Waals surface area contributed by atoms with E-state index in [0.717, 1.165) is 28.7 Å². The number of fused-ring (bicyclic) bond motifs is 3. The Morgan fingerprint density at radius 2 is 1.65 bits per heavy atom. The number of nitrogens with one attached hydrogen (secondary N) is 2. The highest BCUT2D eigenvalue weighted by atomic mass is 16.5. The summed E-state index contributed by atoms with van der Waals surface area (Å²) in [7, 11) is 0. The molecule has 1 aliphatic rings. The van der Waals surface area contributed by atoms with E-state index in [0.29, 0.717) is 6.42 Å². The fraction of sp³-hybridized carbons (Fsp3) is 0.375. The Hall–Kier alpha value is -3.35. The third-order valence-electron chi connectivity index (χ3n) is 5.40. The molecular formula is C24H28N2O5. The summed E-state index contributed by atoms with van der Waals surface area (Å²) in [4.78, 5) is 35.0. The van der Waals surface area contributed by atoms with Gasteiger partial charge in [0.25, 0.3) is 0 Å². The highest BCUT2D eigenvalue weighted by Crippen LogP contribution is 2.44. The van der Waals surface area contributed by atoms with E-state index < -0.39 is 12.1 Å². The SMILES string of the molecule is CCC[C@@H](CC(=O)NCCC(=O)O)NC(=O)OCC1c2ccccc2-c2ccccc21. The summed E-state index contributed by atoms with van der Waals surface area (Å²) >= 11 is 0. The maximum atomic E-state index is 12.5. The maximum absolute atomic E-state index is 12.5. The third kappa shape index (κ3) is 5.84. The molecule has 0 aliphatic heterocycles. The molecule has 7 nitrogen and oxygen atoms in total. The minimum absolute atomic E-state index is 0.0258. The summed E-state index contributed by atoms with van der Waals surface area (Å²) in [6.45, 7) is 2.25. The Kier molecular flexibility index (Phi) is 7.65. The summed E-state index contributed by atoms with van der Waals surface area (Å²) < 4.78 is 5.55. The van der Waals surface area contributed by atoms with Crippen molar-refractivity contribution in [3.8, 4) is 11.1 Å². The second kappa shape index (κ2) is 10.6. The molecule has 0 radical (unpaired) electrons. The Bertz CT molecular complexity index is 898. The summed E-state index contributed by atoms with van der Waals surface area (Å²) in [6, 6.07) is 15.9. The predicted molar refractivity (Wildman–Crippen MR) is 117 cm³/mol. The number of amides is 2. The lowest BCUT2D eigenvalue weighted by atomic mass is 9.98. The van der Waals surface area contributed by atoms with E-state index in [1.54, 1.807) is 0 Å². The van der Waals surface area contributed by atoms with E-state index in [4.69, 9.17) is 9.84 Å². The molecule has 2 aromatic carbocycles. The summed E-state index contributed by atoms with van der Waals surface area (Å²) in [5, 5.41) is 14.0. The van der Waals surface area contributed by atoms with Crippen LogP contribution in [-0.2, 0) is 14.3 Å². The van der Waals surface area contributed by atoms with Gasteiger partial charge in [0.1, 0.15) is 6.61 Å². The molecule has 1 atom stereocenters. The van der Waals surface area contributed by atoms with Crippen LogP contribution in [0, 0.1) is 0 Å². The van der Waals surface area contributed by atoms with Gasteiger partial charge in [-0.25, -0.2) is 4.79 Å². The zero-order chi connectivity index (χ0) is 22.2. The number of carbonyl (C=O) groups is 3. The molecule has 0 saturated heterocycles. The number of carbonyl (C=O) groups excluding carboxylic acids is 2. The molecule has 0 heterocycles. The number of ether oxygens (including phenoxy) is 1. The van der Waals surface area contributed by atoms with E-state index in [9.17, 15) is 14.4 Å². The Labute approximate surface area is 181 Å². The van der Waals surface area contributed by atoms with Crippen molar-refractivity contribution in [1.29, 1.82) is 0 Å². The van der Waals surface area contributed by atoms with Crippen LogP contribution in [0.25, 0.3) is 11.1 Å². The number of hydrogen-bond acceptors (Lipinski definition) is 4. The second-order valence-corrected chi connectivity index (χ2v) is 7.65. The van der Waals surface area contributed by atoms with Gasteiger partial charge in [-0.15, -0.1) is 0 Å². The molecule has 0 unspecified atom stereocenters. The molecule has 0 fully saturated rings. The fourth-order valence-corrected chi connectivity index (χ4v) is 3.99. The number of alkyl carbamates (subject to hydrolysis) is 1. The van der Waals surface area contributed by atoms with Crippen molar-refractivity contribution in [3.05, 3.63) is 59.7 Å². The number of hydrogen-bond donors (Lipinski definition) is 3. The average Bonchev–Trinajstić information content (AvgIpc) is 3.06. The van der Waals surface area contributed by atoms with E-state index in [1.165, 1.54) is 0 Å². The van der Waals surface area contributed by atoms with Crippen LogP contribution in [0.2, 0.25) is 0 Å². The first-order valence-corrected chi connectivity index (χ1v) is 10.6. The fourth-order valence-electron chi connectivity index (χ4n) is 3.99. The van der Waals surface area contributed by atoms with Crippen LogP contribution in [0.5, 0.6) is 0 Å². The summed E-state index contributed by atoms with van der Waals surface area (Å²) in [6.07, 6.45) is 0.799. The Balaban J connectivity index is 1.56. The lowest BCUT2D eigenvalue weighted by Gasteiger charge is -2.19. The lowest BCUT2D eigenvalue weighted by molar-refractivity contribution is -0.136. The van der Waals surface area contributed by atoms with Crippen LogP contribution in [0.3, 0.4) is 0 Å². The van der Waals surface area contributed by atoms with Crippen molar-refractivity contribution in [1.82, 2.24) is 10.6 Å². The standard InChI is InChI=1S/C24H28N2O5/c1-2-7-16(14-22(27)25-13-12-23(28)29)26-24(30)31-15-21-19-10-5-3-8-17(19)18-9-4-6-11-20(18)21/h3-6,8-11,16,21H,2,7,12-15H2,1H3,(H,25,27)(H,26,30)(H,28,29)/t16-/m0/s1. The van der Waals surface area contributed by atoms with Gasteiger partial charge < -0.3 is 20.5 Å². The van der Waals surface area contributed by atoms with Gasteiger partial charge in [-0.3, -0.25) is 9.59 Å². The molecular weight excluding hydrogens is 396 g/mol. The number of rotatable bonds is 10. The van der Waals surface area contributed by atoms with Crippen LogP contribution in [0.15, 0.2) is 48.5 Å². The Morgan fingerprint density at radius 3 is 2.23 bits per heavy atom. The van der Waals surface area contributed by atoms with E-state index in [1.807, 2.05) is 31.2 Å². The van der Waals surface area contributed by atoms with E-state index in [2.05, 4.69) is 34.9 Å². The maximum Gasteiger partial charge on any atom is 0.407 e. The molecule has 2 amide bonds. The summed E-state index contributed by atoms with van der Waals surface area (Å²) in [5.74, 6) is -1.29. The molecule has 0 saturated carbocycles. The van der Waals surface area contributed by atoms with Crippen LogP contribution < -0.4 is 10.6 Å². The second-order valence-electron chi connectivity index (χ2n) is 7.65. The predicted octanol–water partition coefficient (Wildman–Crippen LogP) is 3.67. The van der Waals surface area contributed by atoms with Gasteiger partial charge in [0.15, 0.2) is 0 Å². The smallest absolute Gasteiger partial charge is 0.407 e. The minimum Gasteiger partial charge on any atom is -0.481 e. The molecule has 31 heavy (non-hydrogen) atoms. The van der Waals surface area contributed by atoms with Crippen molar-refractivity contribution in [3.63, 3.8) is 0 Å². The van der Waals surface area contributed by atoms with E-state index >= 15 is 0 Å². The number of benzene rings is 2. The van der Waals surface area contributed by atoms with Gasteiger partial charge in [-0.1, -0.05) is 61.9 Å². The number of carboxylic acids is 1. The van der Waals surface area contributed by atoms with Gasteiger partial charge >= 0.3 is 12.1 Å². The van der Waals surface area contributed by atoms with Crippen LogP contribution >= 0.6 is 0 Å². The highest BCUT2D eigenvalue weighted by Gasteiger charge is 2.29. The van der Waals surface area contributed by atoms with Gasteiger partial charge in [-0.2, -0.15) is 0 Å². The molecule has 164 valence electrons. The molecule has 0 spiro atoms. The minimum atomic E-state index is -0.970.